The summed E-state index contributed by atoms with van der Waals surface area (Å²) in [5.41, 5.74) is -0.671. The van der Waals surface area contributed by atoms with E-state index in [2.05, 4.69) is 4.98 Å². The van der Waals surface area contributed by atoms with Crippen molar-refractivity contribution in [1.29, 1.82) is 0 Å². The van der Waals surface area contributed by atoms with Gasteiger partial charge in [-0.25, -0.2) is 4.79 Å². The minimum Gasteiger partial charge on any atom is -0.477 e. The second-order valence-electron chi connectivity index (χ2n) is 3.77. The van der Waals surface area contributed by atoms with E-state index in [0.29, 0.717) is 0 Å². The van der Waals surface area contributed by atoms with Crippen LogP contribution in [0.15, 0.2) is 30.6 Å². The molecule has 0 atom stereocenters. The Balaban J connectivity index is 2.52. The third kappa shape index (κ3) is 3.21. The van der Waals surface area contributed by atoms with Crippen molar-refractivity contribution >= 4 is 34.9 Å². The van der Waals surface area contributed by atoms with Crippen molar-refractivity contribution in [2.45, 2.75) is 0 Å². The number of hydrogen-bond acceptors (Lipinski definition) is 5. The Hall–Kier alpha value is -2.38. The Bertz CT molecular complexity index is 736. The number of benzene rings is 1. The molecule has 0 saturated carbocycles. The molecular weight excluding hydrogens is 323 g/mol. The van der Waals surface area contributed by atoms with Crippen molar-refractivity contribution in [2.24, 2.45) is 0 Å². The van der Waals surface area contributed by atoms with E-state index < -0.39 is 16.6 Å². The summed E-state index contributed by atoms with van der Waals surface area (Å²) >= 11 is 11.5. The molecule has 0 spiro atoms. The maximum absolute atomic E-state index is 11.1. The smallest absolute Gasteiger partial charge is 0.341 e. The van der Waals surface area contributed by atoms with Gasteiger partial charge in [0, 0.05) is 30.6 Å². The van der Waals surface area contributed by atoms with E-state index in [4.69, 9.17) is 33.0 Å². The minimum absolute atomic E-state index is 0.0103. The summed E-state index contributed by atoms with van der Waals surface area (Å²) < 4.78 is 5.29. The van der Waals surface area contributed by atoms with E-state index in [1.807, 2.05) is 0 Å². The minimum atomic E-state index is -1.28. The van der Waals surface area contributed by atoms with Crippen LogP contribution in [0.2, 0.25) is 10.0 Å². The average Bonchev–Trinajstić information content (AvgIpc) is 2.42. The lowest BCUT2D eigenvalue weighted by Crippen LogP contribution is -2.02. The molecule has 0 fully saturated rings. The fraction of sp³-hybridized carbons (Fsp3) is 0. The molecule has 0 aliphatic carbocycles. The summed E-state index contributed by atoms with van der Waals surface area (Å²) in [6.07, 6.45) is 2.37. The number of hydrogen-bond donors (Lipinski definition) is 1. The average molecular weight is 329 g/mol. The highest BCUT2D eigenvalue weighted by molar-refractivity contribution is 6.42. The van der Waals surface area contributed by atoms with Gasteiger partial charge in [0.2, 0.25) is 5.75 Å². The lowest BCUT2D eigenvalue weighted by Gasteiger charge is -2.09. The van der Waals surface area contributed by atoms with Gasteiger partial charge in [-0.2, -0.15) is 0 Å². The molecule has 21 heavy (non-hydrogen) atoms. The zero-order chi connectivity index (χ0) is 15.6. The zero-order valence-electron chi connectivity index (χ0n) is 10.1. The number of carboxylic acids is 1. The van der Waals surface area contributed by atoms with Gasteiger partial charge < -0.3 is 9.84 Å². The fourth-order valence-electron chi connectivity index (χ4n) is 1.49. The first-order valence-electron chi connectivity index (χ1n) is 5.38. The van der Waals surface area contributed by atoms with Crippen LogP contribution in [-0.2, 0) is 0 Å². The zero-order valence-corrected chi connectivity index (χ0v) is 11.6. The van der Waals surface area contributed by atoms with Gasteiger partial charge in [0.05, 0.1) is 15.0 Å². The maximum Gasteiger partial charge on any atom is 0.341 e. The molecule has 0 aliphatic heterocycles. The number of carbonyl (C=O) groups is 1. The molecule has 1 heterocycles. The lowest BCUT2D eigenvalue weighted by molar-refractivity contribution is -0.385. The van der Waals surface area contributed by atoms with E-state index in [1.165, 1.54) is 12.3 Å². The van der Waals surface area contributed by atoms with Gasteiger partial charge in [0.25, 0.3) is 0 Å². The molecule has 1 N–H and O–H groups in total. The molecule has 1 aromatic carbocycles. The van der Waals surface area contributed by atoms with Crippen LogP contribution < -0.4 is 4.74 Å². The molecule has 9 heteroatoms. The predicted octanol–water partition coefficient (Wildman–Crippen LogP) is 3.79. The first-order valence-corrected chi connectivity index (χ1v) is 6.14. The highest BCUT2D eigenvalue weighted by Crippen LogP contribution is 2.38. The molecule has 0 saturated heterocycles. The summed E-state index contributed by atoms with van der Waals surface area (Å²) in [7, 11) is 0. The Morgan fingerprint density at radius 2 is 1.95 bits per heavy atom. The monoisotopic (exact) mass is 328 g/mol. The van der Waals surface area contributed by atoms with Gasteiger partial charge in [-0.1, -0.05) is 23.2 Å². The summed E-state index contributed by atoms with van der Waals surface area (Å²) in [5.74, 6) is -1.59. The molecular formula is C12H6Cl2N2O5. The number of rotatable bonds is 4. The van der Waals surface area contributed by atoms with Crippen molar-refractivity contribution < 1.29 is 19.6 Å². The second-order valence-corrected chi connectivity index (χ2v) is 4.58. The van der Waals surface area contributed by atoms with Crippen LogP contribution >= 0.6 is 23.2 Å². The molecule has 0 bridgehead atoms. The van der Waals surface area contributed by atoms with E-state index in [9.17, 15) is 14.9 Å². The number of aromatic carboxylic acids is 1. The third-order valence-corrected chi connectivity index (χ3v) is 3.15. The third-order valence-electron chi connectivity index (χ3n) is 2.43. The Labute approximate surface area is 127 Å². The number of aromatic nitrogens is 1. The van der Waals surface area contributed by atoms with Gasteiger partial charge in [-0.15, -0.1) is 0 Å². The quantitative estimate of drug-likeness (QED) is 0.676. The number of halogens is 2. The topological polar surface area (TPSA) is 103 Å². The van der Waals surface area contributed by atoms with Crippen molar-refractivity contribution in [3.8, 4) is 11.5 Å². The predicted molar refractivity (Wildman–Crippen MR) is 74.4 cm³/mol. The van der Waals surface area contributed by atoms with Crippen LogP contribution in [0.4, 0.5) is 5.69 Å². The maximum atomic E-state index is 11.1. The van der Waals surface area contributed by atoms with E-state index in [0.717, 1.165) is 18.3 Å². The number of nitrogens with zero attached hydrogens (tertiary/aromatic N) is 2. The number of nitro benzene ring substituents is 1. The van der Waals surface area contributed by atoms with Crippen molar-refractivity contribution in [2.75, 3.05) is 0 Å². The lowest BCUT2D eigenvalue weighted by atomic mass is 10.2. The summed E-state index contributed by atoms with van der Waals surface area (Å²) in [5, 5.41) is 20.0. The SMILES string of the molecule is O=C(O)c1cnccc1Oc1cc(Cl)c(Cl)cc1[N+](=O)[O-]. The summed E-state index contributed by atoms with van der Waals surface area (Å²) in [6, 6.07) is 3.45. The number of pyridine rings is 1. The van der Waals surface area contributed by atoms with E-state index in [1.54, 1.807) is 0 Å². The molecule has 2 aromatic rings. The standard InChI is InChI=1S/C12H6Cl2N2O5/c13-7-3-9(16(19)20)11(4-8(7)14)21-10-1-2-15-5-6(10)12(17)18/h1-5H,(H,17,18). The Morgan fingerprint density at radius 3 is 2.57 bits per heavy atom. The van der Waals surface area contributed by atoms with Gasteiger partial charge in [0.1, 0.15) is 11.3 Å². The second kappa shape index (κ2) is 5.94. The Kier molecular flexibility index (Phi) is 4.25. The first kappa shape index (κ1) is 15.0. The van der Waals surface area contributed by atoms with Crippen LogP contribution in [0.5, 0.6) is 11.5 Å². The molecule has 0 aliphatic rings. The molecule has 0 amide bonds. The fourth-order valence-corrected chi connectivity index (χ4v) is 1.80. The first-order chi connectivity index (χ1) is 9.90. The van der Waals surface area contributed by atoms with Gasteiger partial charge >= 0.3 is 11.7 Å². The summed E-state index contributed by atoms with van der Waals surface area (Å²) in [6.45, 7) is 0. The summed E-state index contributed by atoms with van der Waals surface area (Å²) in [4.78, 5) is 25.0. The van der Waals surface area contributed by atoms with E-state index in [-0.39, 0.29) is 27.1 Å². The number of ether oxygens (including phenoxy) is 1. The number of nitro groups is 1. The molecule has 0 unspecified atom stereocenters. The van der Waals surface area contributed by atoms with Crippen molar-refractivity contribution in [3.05, 3.63) is 56.3 Å². The van der Waals surface area contributed by atoms with Gasteiger partial charge in [0.15, 0.2) is 0 Å². The molecule has 1 aromatic heterocycles. The van der Waals surface area contributed by atoms with Gasteiger partial charge in [-0.05, 0) is 0 Å². The molecule has 2 rings (SSSR count). The highest BCUT2D eigenvalue weighted by atomic mass is 35.5. The van der Waals surface area contributed by atoms with Crippen LogP contribution in [0.25, 0.3) is 0 Å². The highest BCUT2D eigenvalue weighted by Gasteiger charge is 2.21. The molecule has 108 valence electrons. The number of carboxylic acid groups (broad SMARTS) is 1. The molecule has 7 nitrogen and oxygen atoms in total. The normalized spacial score (nSPS) is 10.2. The molecule has 0 radical (unpaired) electrons. The van der Waals surface area contributed by atoms with Gasteiger partial charge in [-0.3, -0.25) is 15.1 Å². The largest absolute Gasteiger partial charge is 0.477 e. The van der Waals surface area contributed by atoms with Crippen molar-refractivity contribution in [1.82, 2.24) is 4.98 Å². The van der Waals surface area contributed by atoms with Crippen LogP contribution in [0.1, 0.15) is 10.4 Å². The van der Waals surface area contributed by atoms with Crippen LogP contribution in [0, 0.1) is 10.1 Å². The van der Waals surface area contributed by atoms with E-state index >= 15 is 0 Å². The van der Waals surface area contributed by atoms with Crippen LogP contribution in [-0.4, -0.2) is 21.0 Å². The Morgan fingerprint density at radius 1 is 1.29 bits per heavy atom. The van der Waals surface area contributed by atoms with Crippen LogP contribution in [0.3, 0.4) is 0 Å². The van der Waals surface area contributed by atoms with Crippen molar-refractivity contribution in [3.63, 3.8) is 0 Å².